The number of nitrogens with zero attached hydrogens (tertiary/aromatic N) is 1. The summed E-state index contributed by atoms with van der Waals surface area (Å²) in [6, 6.07) is 40.0. The molecule has 4 aromatic carbocycles. The number of rotatable bonds is 8. The monoisotopic (exact) mass is 466 g/mol. The van der Waals surface area contributed by atoms with Crippen molar-refractivity contribution in [3.8, 4) is 0 Å². The van der Waals surface area contributed by atoms with Crippen LogP contribution in [0.1, 0.15) is 19.4 Å². The van der Waals surface area contributed by atoms with Gasteiger partial charge in [-0.25, -0.2) is 0 Å². The Labute approximate surface area is 202 Å². The van der Waals surface area contributed by atoms with Gasteiger partial charge in [0.25, 0.3) is 5.91 Å². The number of hydrogen-bond acceptors (Lipinski definition) is 2. The highest BCUT2D eigenvalue weighted by Gasteiger charge is 2.46. The van der Waals surface area contributed by atoms with Crippen LogP contribution in [0.5, 0.6) is 0 Å². The van der Waals surface area contributed by atoms with Crippen molar-refractivity contribution in [2.24, 2.45) is 0 Å². The zero-order valence-electron chi connectivity index (χ0n) is 19.6. The van der Waals surface area contributed by atoms with E-state index in [1.54, 1.807) is 4.90 Å². The van der Waals surface area contributed by atoms with Gasteiger partial charge in [0.2, 0.25) is 5.78 Å². The van der Waals surface area contributed by atoms with Crippen molar-refractivity contribution in [1.29, 1.82) is 0 Å². The molecule has 4 heteroatoms. The van der Waals surface area contributed by atoms with Crippen molar-refractivity contribution in [2.45, 2.75) is 20.0 Å². The summed E-state index contributed by atoms with van der Waals surface area (Å²) in [4.78, 5) is 26.4. The number of ketones is 1. The van der Waals surface area contributed by atoms with Crippen LogP contribution in [0.2, 0.25) is 0 Å². The minimum atomic E-state index is -2.13. The number of anilines is 1. The number of carbonyl (C=O) groups is 2. The maximum absolute atomic E-state index is 12.8. The first-order chi connectivity index (χ1) is 16.6. The minimum absolute atomic E-state index is 0.433. The molecule has 0 atom stereocenters. The van der Waals surface area contributed by atoms with Gasteiger partial charge < -0.3 is 4.90 Å². The third kappa shape index (κ3) is 4.58. The van der Waals surface area contributed by atoms with Crippen LogP contribution < -0.4 is 20.8 Å². The lowest BCUT2D eigenvalue weighted by Crippen LogP contribution is -2.37. The fourth-order valence-corrected chi connectivity index (χ4v) is 8.81. The fraction of sp³-hybridized carbons (Fsp3) is 0.133. The molecule has 0 saturated carbocycles. The van der Waals surface area contributed by atoms with Crippen molar-refractivity contribution < 1.29 is 9.59 Å². The van der Waals surface area contributed by atoms with Gasteiger partial charge in [0.15, 0.2) is 0 Å². The van der Waals surface area contributed by atoms with Crippen molar-refractivity contribution in [3.05, 3.63) is 121 Å². The highest BCUT2D eigenvalue weighted by molar-refractivity contribution is 7.95. The van der Waals surface area contributed by atoms with Gasteiger partial charge in [0, 0.05) is 19.0 Å². The summed E-state index contributed by atoms with van der Waals surface area (Å²) in [6.07, 6.45) is 0.739. The van der Waals surface area contributed by atoms with E-state index >= 15 is 0 Å². The Morgan fingerprint density at radius 2 is 1.06 bits per heavy atom. The molecule has 0 radical (unpaired) electrons. The topological polar surface area (TPSA) is 37.4 Å². The largest absolute Gasteiger partial charge is 0.306 e. The molecule has 0 heterocycles. The van der Waals surface area contributed by atoms with Gasteiger partial charge >= 0.3 is 0 Å². The zero-order valence-corrected chi connectivity index (χ0v) is 20.5. The normalized spacial score (nSPS) is 11.1. The number of hydrogen-bond donors (Lipinski definition) is 0. The molecule has 0 spiro atoms. The Morgan fingerprint density at radius 1 is 0.647 bits per heavy atom. The Bertz CT molecular complexity index is 1160. The predicted molar refractivity (Wildman–Crippen MR) is 144 cm³/mol. The van der Waals surface area contributed by atoms with Crippen LogP contribution in [0, 0.1) is 0 Å². The number of likely N-dealkylation sites (N-methyl/N-ethyl adjacent to an activating group) is 1. The highest BCUT2D eigenvalue weighted by Crippen LogP contribution is 2.58. The second kappa shape index (κ2) is 10.6. The second-order valence-corrected chi connectivity index (χ2v) is 11.7. The van der Waals surface area contributed by atoms with Crippen LogP contribution >= 0.6 is 7.26 Å². The summed E-state index contributed by atoms with van der Waals surface area (Å²) in [5.41, 5.74) is 1.86. The van der Waals surface area contributed by atoms with Crippen molar-refractivity contribution in [1.82, 2.24) is 0 Å². The van der Waals surface area contributed by atoms with E-state index < -0.39 is 19.0 Å². The number of Topliss-reactive ketones (excluding diaryl/α,β-unsaturated/α-hetero) is 1. The Morgan fingerprint density at radius 3 is 1.47 bits per heavy atom. The van der Waals surface area contributed by atoms with Crippen molar-refractivity contribution in [3.63, 3.8) is 0 Å². The molecule has 1 amide bonds. The van der Waals surface area contributed by atoms with Gasteiger partial charge in [-0.3, -0.25) is 9.59 Å². The van der Waals surface area contributed by atoms with E-state index in [1.165, 1.54) is 22.8 Å². The molecular formula is C30H29NO2P+. The van der Waals surface area contributed by atoms with Gasteiger partial charge in [-0.1, -0.05) is 72.8 Å². The van der Waals surface area contributed by atoms with E-state index in [9.17, 15) is 9.59 Å². The summed E-state index contributed by atoms with van der Waals surface area (Å²) in [6.45, 7) is 3.68. The first kappa shape index (κ1) is 23.6. The minimum Gasteiger partial charge on any atom is -0.306 e. The maximum atomic E-state index is 12.8. The summed E-state index contributed by atoms with van der Waals surface area (Å²) in [7, 11) is -2.13. The molecule has 0 aliphatic rings. The van der Waals surface area contributed by atoms with Crippen LogP contribution in [-0.2, 0) is 15.8 Å². The Balaban J connectivity index is 1.98. The zero-order chi connectivity index (χ0) is 24.0. The first-order valence-electron chi connectivity index (χ1n) is 11.5. The molecule has 0 unspecified atom stereocenters. The van der Waals surface area contributed by atoms with Gasteiger partial charge in [-0.15, -0.1) is 0 Å². The third-order valence-corrected chi connectivity index (χ3v) is 10.5. The molecule has 0 fully saturated rings. The molecule has 0 aliphatic carbocycles. The molecule has 0 bridgehead atoms. The van der Waals surface area contributed by atoms with Crippen LogP contribution in [0.3, 0.4) is 0 Å². The van der Waals surface area contributed by atoms with Crippen LogP contribution in [0.25, 0.3) is 0 Å². The van der Waals surface area contributed by atoms with Gasteiger partial charge in [0.1, 0.15) is 29.3 Å². The molecule has 4 rings (SSSR count). The van der Waals surface area contributed by atoms with E-state index in [0.717, 1.165) is 17.4 Å². The summed E-state index contributed by atoms with van der Waals surface area (Å²) in [5.74, 6) is -0.926. The van der Waals surface area contributed by atoms with Crippen LogP contribution in [0.4, 0.5) is 5.69 Å². The number of para-hydroxylation sites is 1. The lowest BCUT2D eigenvalue weighted by molar-refractivity contribution is -0.135. The third-order valence-electron chi connectivity index (χ3n) is 6.14. The predicted octanol–water partition coefficient (Wildman–Crippen LogP) is 5.12. The Kier molecular flexibility index (Phi) is 7.35. The number of carbonyl (C=O) groups excluding carboxylic acids is 2. The van der Waals surface area contributed by atoms with Crippen molar-refractivity contribution in [2.75, 3.05) is 11.4 Å². The lowest BCUT2D eigenvalue weighted by Gasteiger charge is -2.30. The molecule has 0 aliphatic heterocycles. The van der Waals surface area contributed by atoms with E-state index in [-0.39, 0.29) is 0 Å². The molecule has 4 aromatic rings. The fourth-order valence-electron chi connectivity index (χ4n) is 4.55. The van der Waals surface area contributed by atoms with Crippen LogP contribution in [-0.4, -0.2) is 18.2 Å². The molecule has 34 heavy (non-hydrogen) atoms. The smallest absolute Gasteiger partial charge is 0.294 e. The number of amides is 1. The van der Waals surface area contributed by atoms with Crippen LogP contribution in [0.15, 0.2) is 115 Å². The lowest BCUT2D eigenvalue weighted by atomic mass is 10.1. The van der Waals surface area contributed by atoms with E-state index in [4.69, 9.17) is 0 Å². The molecular weight excluding hydrogens is 437 g/mol. The number of benzene rings is 4. The Hall–Kier alpha value is -3.55. The second-order valence-electron chi connectivity index (χ2n) is 8.21. The van der Waals surface area contributed by atoms with Gasteiger partial charge in [-0.05, 0) is 49.4 Å². The molecule has 0 N–H and O–H groups in total. The molecule has 0 saturated heterocycles. The maximum Gasteiger partial charge on any atom is 0.294 e. The quantitative estimate of drug-likeness (QED) is 0.267. The average molecular weight is 467 g/mol. The SMILES string of the molecule is CCN(C(=O)C(C)=O)c1ccccc1C[P+](c1ccccc1)(c1ccccc1)c1ccccc1. The summed E-state index contributed by atoms with van der Waals surface area (Å²) < 4.78 is 0. The highest BCUT2D eigenvalue weighted by atomic mass is 31.2. The molecule has 170 valence electrons. The summed E-state index contributed by atoms with van der Waals surface area (Å²) in [5, 5.41) is 3.84. The van der Waals surface area contributed by atoms with E-state index in [1.807, 2.05) is 43.3 Å². The molecule has 3 nitrogen and oxygen atoms in total. The standard InChI is InChI=1S/C30H29NO2P/c1-3-31(30(33)24(2)32)29-22-14-13-15-25(29)23-34(26-16-7-4-8-17-26,27-18-9-5-10-19-27)28-20-11-6-12-21-28/h4-22H,3,23H2,1-2H3/q+1. The average Bonchev–Trinajstić information content (AvgIpc) is 2.90. The van der Waals surface area contributed by atoms with E-state index in [2.05, 4.69) is 78.9 Å². The van der Waals surface area contributed by atoms with Gasteiger partial charge in [0.05, 0.1) is 5.69 Å². The molecule has 0 aromatic heterocycles. The summed E-state index contributed by atoms with van der Waals surface area (Å²) >= 11 is 0. The van der Waals surface area contributed by atoms with Crippen molar-refractivity contribution >= 4 is 40.6 Å². The van der Waals surface area contributed by atoms with E-state index in [0.29, 0.717) is 6.54 Å². The van der Waals surface area contributed by atoms with Gasteiger partial charge in [-0.2, -0.15) is 0 Å². The first-order valence-corrected chi connectivity index (χ1v) is 13.5.